The van der Waals surface area contributed by atoms with Crippen LogP contribution in [0.2, 0.25) is 0 Å². The number of carbonyl (C=O) groups is 1. The molecule has 1 aliphatic heterocycles. The van der Waals surface area contributed by atoms with Crippen LogP contribution in [0.5, 0.6) is 5.75 Å². The van der Waals surface area contributed by atoms with E-state index >= 15 is 0 Å². The van der Waals surface area contributed by atoms with Crippen LogP contribution >= 0.6 is 11.8 Å². The molecule has 0 unspecified atom stereocenters. The smallest absolute Gasteiger partial charge is 0.446 e. The first kappa shape index (κ1) is 31.3. The summed E-state index contributed by atoms with van der Waals surface area (Å²) < 4.78 is 47.5. The molecule has 1 amide bonds. The zero-order valence-electron chi connectivity index (χ0n) is 23.9. The first-order chi connectivity index (χ1) is 19.9. The summed E-state index contributed by atoms with van der Waals surface area (Å²) in [4.78, 5) is 14.1. The van der Waals surface area contributed by atoms with Crippen molar-refractivity contribution in [2.75, 3.05) is 51.0 Å². The maximum absolute atomic E-state index is 13.6. The Morgan fingerprint density at radius 1 is 1.21 bits per heavy atom. The first-order valence-electron chi connectivity index (χ1n) is 13.5. The third-order valence-corrected chi connectivity index (χ3v) is 7.48. The van der Waals surface area contributed by atoms with E-state index < -0.39 is 11.1 Å². The van der Waals surface area contributed by atoms with Crippen molar-refractivity contribution in [2.24, 2.45) is 0 Å². The van der Waals surface area contributed by atoms with Gasteiger partial charge in [-0.1, -0.05) is 12.0 Å². The number of piperidine rings is 1. The van der Waals surface area contributed by atoms with E-state index in [0.717, 1.165) is 25.9 Å². The van der Waals surface area contributed by atoms with E-state index in [1.165, 1.54) is 18.7 Å². The predicted octanol–water partition coefficient (Wildman–Crippen LogP) is 4.43. The van der Waals surface area contributed by atoms with E-state index in [2.05, 4.69) is 37.8 Å². The fraction of sp³-hybridized carbons (Fsp3) is 0.448. The highest BCUT2D eigenvalue weighted by atomic mass is 32.2. The van der Waals surface area contributed by atoms with Crippen LogP contribution in [-0.4, -0.2) is 83.0 Å². The number of ether oxygens (including phenoxy) is 1. The van der Waals surface area contributed by atoms with Crippen molar-refractivity contribution in [3.05, 3.63) is 47.7 Å². The number of methoxy groups -OCH3 is 1. The largest absolute Gasteiger partial charge is 0.495 e. The summed E-state index contributed by atoms with van der Waals surface area (Å²) in [7, 11) is 3.02. The van der Waals surface area contributed by atoms with Crippen molar-refractivity contribution >= 4 is 34.7 Å². The van der Waals surface area contributed by atoms with Crippen LogP contribution in [0.4, 0.5) is 24.7 Å². The van der Waals surface area contributed by atoms with Crippen molar-refractivity contribution < 1.29 is 27.8 Å². The van der Waals surface area contributed by atoms with Gasteiger partial charge in [0.25, 0.3) is 5.91 Å². The van der Waals surface area contributed by atoms with Crippen LogP contribution < -0.4 is 20.7 Å². The number of hydrogen-bond donors (Lipinski definition) is 4. The molecule has 226 valence electrons. The molecule has 0 bridgehead atoms. The lowest BCUT2D eigenvalue weighted by Gasteiger charge is -2.35. The molecule has 0 radical (unpaired) electrons. The molecule has 1 aliphatic rings. The second kappa shape index (κ2) is 13.1. The van der Waals surface area contributed by atoms with E-state index in [-0.39, 0.29) is 40.8 Å². The van der Waals surface area contributed by atoms with Gasteiger partial charge in [0.05, 0.1) is 35.4 Å². The molecule has 3 aromatic rings. The third-order valence-electron chi connectivity index (χ3n) is 6.64. The van der Waals surface area contributed by atoms with Gasteiger partial charge in [-0.25, -0.2) is 4.52 Å². The van der Waals surface area contributed by atoms with Gasteiger partial charge in [0.1, 0.15) is 17.3 Å². The van der Waals surface area contributed by atoms with Crippen molar-refractivity contribution in [3.8, 4) is 17.6 Å². The molecule has 2 aromatic heterocycles. The zero-order chi connectivity index (χ0) is 30.5. The molecule has 0 atom stereocenters. The van der Waals surface area contributed by atoms with Gasteiger partial charge < -0.3 is 30.7 Å². The van der Waals surface area contributed by atoms with Gasteiger partial charge >= 0.3 is 5.51 Å². The van der Waals surface area contributed by atoms with Crippen molar-refractivity contribution in [1.29, 1.82) is 0 Å². The van der Waals surface area contributed by atoms with Crippen LogP contribution in [0.3, 0.4) is 0 Å². The van der Waals surface area contributed by atoms with Gasteiger partial charge in [-0.2, -0.15) is 18.3 Å². The topological polar surface area (TPSA) is 103 Å². The number of alkyl halides is 3. The number of nitrogens with one attached hydrogen (secondary N) is 3. The fourth-order valence-electron chi connectivity index (χ4n) is 4.85. The molecule has 0 spiro atoms. The number of amides is 1. The molecule has 1 saturated heterocycles. The highest BCUT2D eigenvalue weighted by Crippen LogP contribution is 2.41. The monoisotopic (exact) mass is 604 g/mol. The molecular weight excluding hydrogens is 569 g/mol. The van der Waals surface area contributed by atoms with E-state index in [9.17, 15) is 23.1 Å². The van der Waals surface area contributed by atoms with Crippen LogP contribution in [0.25, 0.3) is 5.52 Å². The number of carbonyl (C=O) groups excluding carboxylic acids is 1. The standard InChI is InChI=1S/C29H35F3N6O3S/c1-28(2,40)18-37-15-12-20(13-16-37)35-25-9-5-8-23-26(42-29(30,31)32)21(36-38(23)25)7-6-14-34-22-17-19(27(39)33-3)10-11-24(22)41-4/h5,8-11,17,20,34-35,40H,12-16,18H2,1-4H3,(H,33,39). The summed E-state index contributed by atoms with van der Waals surface area (Å²) in [5.74, 6) is 6.46. The summed E-state index contributed by atoms with van der Waals surface area (Å²) in [6.45, 7) is 5.82. The number of β-amino-alcohol motifs (C(OH)–C–C–N with tert-alkyl or cyclic N) is 1. The number of aromatic nitrogens is 2. The SMILES string of the molecule is CNC(=O)c1ccc(OC)c(NCC#Cc2nn3c(NC4CCN(CC(C)(C)O)CC4)cccc3c2SC(F)(F)F)c1. The number of fused-ring (bicyclic) bond motifs is 1. The molecule has 3 heterocycles. The number of hydrogen-bond acceptors (Lipinski definition) is 8. The Bertz CT molecular complexity index is 1470. The number of benzene rings is 1. The molecule has 4 rings (SSSR count). The molecule has 9 nitrogen and oxygen atoms in total. The second-order valence-corrected chi connectivity index (χ2v) is 11.7. The molecule has 4 N–H and O–H groups in total. The van der Waals surface area contributed by atoms with Crippen LogP contribution in [0, 0.1) is 11.8 Å². The summed E-state index contributed by atoms with van der Waals surface area (Å²) in [5.41, 5.74) is -4.04. The Labute approximate surface area is 247 Å². The first-order valence-corrected chi connectivity index (χ1v) is 14.3. The zero-order valence-corrected chi connectivity index (χ0v) is 24.7. The Hall–Kier alpha value is -3.60. The highest BCUT2D eigenvalue weighted by Gasteiger charge is 2.33. The lowest BCUT2D eigenvalue weighted by Crippen LogP contribution is -2.45. The predicted molar refractivity (Wildman–Crippen MR) is 158 cm³/mol. The highest BCUT2D eigenvalue weighted by molar-refractivity contribution is 8.00. The number of thioether (sulfide) groups is 1. The third kappa shape index (κ3) is 8.24. The van der Waals surface area contributed by atoms with Gasteiger partial charge in [0.2, 0.25) is 0 Å². The Balaban J connectivity index is 1.55. The minimum Gasteiger partial charge on any atom is -0.495 e. The van der Waals surface area contributed by atoms with E-state index in [4.69, 9.17) is 4.74 Å². The average molecular weight is 605 g/mol. The molecule has 0 aliphatic carbocycles. The van der Waals surface area contributed by atoms with Gasteiger partial charge in [-0.3, -0.25) is 4.79 Å². The Morgan fingerprint density at radius 3 is 2.60 bits per heavy atom. The van der Waals surface area contributed by atoms with E-state index in [1.807, 2.05) is 0 Å². The maximum Gasteiger partial charge on any atom is 0.446 e. The number of likely N-dealkylation sites (tertiary alicyclic amines) is 1. The van der Waals surface area contributed by atoms with Crippen molar-refractivity contribution in [3.63, 3.8) is 0 Å². The van der Waals surface area contributed by atoms with Gasteiger partial charge in [-0.15, -0.1) is 0 Å². The summed E-state index contributed by atoms with van der Waals surface area (Å²) in [5, 5.41) is 23.6. The molecule has 1 aromatic carbocycles. The Morgan fingerprint density at radius 2 is 1.95 bits per heavy atom. The van der Waals surface area contributed by atoms with Gasteiger partial charge in [-0.05, 0) is 74.7 Å². The number of pyridine rings is 1. The minimum absolute atomic E-state index is 0.0134. The average Bonchev–Trinajstić information content (AvgIpc) is 3.27. The second-order valence-electron chi connectivity index (χ2n) is 10.6. The van der Waals surface area contributed by atoms with Crippen molar-refractivity contribution in [1.82, 2.24) is 19.8 Å². The quantitative estimate of drug-likeness (QED) is 0.210. The van der Waals surface area contributed by atoms with Crippen LogP contribution in [0.1, 0.15) is 42.7 Å². The Kier molecular flexibility index (Phi) is 9.81. The summed E-state index contributed by atoms with van der Waals surface area (Å²) in [6.07, 6.45) is 1.64. The number of anilines is 2. The van der Waals surface area contributed by atoms with E-state index in [0.29, 0.717) is 34.9 Å². The van der Waals surface area contributed by atoms with Gasteiger partial charge in [0.15, 0.2) is 0 Å². The number of halogens is 3. The minimum atomic E-state index is -4.53. The van der Waals surface area contributed by atoms with Gasteiger partial charge in [0, 0.05) is 38.3 Å². The normalized spacial score (nSPS) is 14.8. The number of rotatable bonds is 9. The summed E-state index contributed by atoms with van der Waals surface area (Å²) in [6, 6.07) is 10.1. The van der Waals surface area contributed by atoms with Crippen LogP contribution in [0.15, 0.2) is 41.3 Å². The summed E-state index contributed by atoms with van der Waals surface area (Å²) >= 11 is -0.237. The lowest BCUT2D eigenvalue weighted by molar-refractivity contribution is -0.0328. The lowest BCUT2D eigenvalue weighted by atomic mass is 10.0. The fourth-order valence-corrected chi connectivity index (χ4v) is 5.52. The number of aliphatic hydroxyl groups is 1. The molecule has 13 heteroatoms. The maximum atomic E-state index is 13.6. The van der Waals surface area contributed by atoms with Crippen molar-refractivity contribution in [2.45, 2.75) is 48.7 Å². The van der Waals surface area contributed by atoms with Crippen LogP contribution in [-0.2, 0) is 0 Å². The molecule has 1 fully saturated rings. The number of nitrogens with zero attached hydrogens (tertiary/aromatic N) is 3. The molecule has 0 saturated carbocycles. The van der Waals surface area contributed by atoms with E-state index in [1.54, 1.807) is 50.2 Å². The molecular formula is C29H35F3N6O3S. The molecule has 42 heavy (non-hydrogen) atoms.